The van der Waals surface area contributed by atoms with Crippen LogP contribution in [-0.4, -0.2) is 0 Å². The SMILES string of the molecule is Sc1cc(I)c2cc(Br)sc2c1. The highest BCUT2D eigenvalue weighted by Gasteiger charge is 2.03. The van der Waals surface area contributed by atoms with Gasteiger partial charge in [0.15, 0.2) is 0 Å². The summed E-state index contributed by atoms with van der Waals surface area (Å²) in [5.41, 5.74) is 0. The molecule has 0 fully saturated rings. The summed E-state index contributed by atoms with van der Waals surface area (Å²) in [4.78, 5) is 1.03. The van der Waals surface area contributed by atoms with Gasteiger partial charge in [0.1, 0.15) is 0 Å². The Kier molecular flexibility index (Phi) is 2.69. The number of thiol groups is 1. The van der Waals surface area contributed by atoms with Crippen LogP contribution in [0.15, 0.2) is 26.9 Å². The third-order valence-electron chi connectivity index (χ3n) is 1.54. The van der Waals surface area contributed by atoms with Crippen LogP contribution in [0.4, 0.5) is 0 Å². The maximum atomic E-state index is 4.33. The normalized spacial score (nSPS) is 10.9. The van der Waals surface area contributed by atoms with Crippen LogP contribution in [0.5, 0.6) is 0 Å². The Bertz CT molecular complexity index is 436. The largest absolute Gasteiger partial charge is 0.143 e. The lowest BCUT2D eigenvalue weighted by atomic mass is 10.3. The second-order valence-corrected chi connectivity index (χ2v) is 6.53. The highest BCUT2D eigenvalue weighted by Crippen LogP contribution is 2.34. The van der Waals surface area contributed by atoms with E-state index >= 15 is 0 Å². The smallest absolute Gasteiger partial charge is 0.0711 e. The third-order valence-corrected chi connectivity index (χ3v) is 4.28. The van der Waals surface area contributed by atoms with Crippen molar-refractivity contribution in [2.45, 2.75) is 4.90 Å². The van der Waals surface area contributed by atoms with E-state index in [0.717, 1.165) is 4.90 Å². The summed E-state index contributed by atoms with van der Waals surface area (Å²) in [5, 5.41) is 1.31. The first-order valence-corrected chi connectivity index (χ1v) is 6.38. The van der Waals surface area contributed by atoms with E-state index in [-0.39, 0.29) is 0 Å². The zero-order chi connectivity index (χ0) is 8.72. The fourth-order valence-electron chi connectivity index (χ4n) is 1.05. The molecule has 0 nitrogen and oxygen atoms in total. The maximum absolute atomic E-state index is 4.33. The predicted molar refractivity (Wildman–Crippen MR) is 69.5 cm³/mol. The van der Waals surface area contributed by atoms with Crippen molar-refractivity contribution in [1.82, 2.24) is 0 Å². The van der Waals surface area contributed by atoms with Crippen LogP contribution in [0, 0.1) is 3.57 Å². The van der Waals surface area contributed by atoms with Crippen LogP contribution in [0.3, 0.4) is 0 Å². The summed E-state index contributed by atoms with van der Waals surface area (Å²) >= 11 is 11.9. The highest BCUT2D eigenvalue weighted by molar-refractivity contribution is 14.1. The third kappa shape index (κ3) is 1.66. The molecular formula is C8H4BrIS2. The maximum Gasteiger partial charge on any atom is 0.0711 e. The van der Waals surface area contributed by atoms with Crippen molar-refractivity contribution < 1.29 is 0 Å². The summed E-state index contributed by atoms with van der Waals surface area (Å²) in [5.74, 6) is 0. The molecule has 0 bridgehead atoms. The average molecular weight is 371 g/mol. The molecule has 2 aromatic rings. The van der Waals surface area contributed by atoms with E-state index in [1.165, 1.54) is 17.4 Å². The molecule has 0 radical (unpaired) electrons. The van der Waals surface area contributed by atoms with Crippen LogP contribution in [0.25, 0.3) is 10.1 Å². The van der Waals surface area contributed by atoms with Gasteiger partial charge in [0, 0.05) is 18.6 Å². The zero-order valence-corrected chi connectivity index (χ0v) is 11.3. The van der Waals surface area contributed by atoms with Crippen molar-refractivity contribution in [2.24, 2.45) is 0 Å². The van der Waals surface area contributed by atoms with E-state index in [1.54, 1.807) is 11.3 Å². The monoisotopic (exact) mass is 370 g/mol. The van der Waals surface area contributed by atoms with Gasteiger partial charge in [-0.1, -0.05) is 0 Å². The molecule has 0 amide bonds. The number of rotatable bonds is 0. The van der Waals surface area contributed by atoms with E-state index in [4.69, 9.17) is 0 Å². The minimum Gasteiger partial charge on any atom is -0.143 e. The molecule has 62 valence electrons. The number of benzene rings is 1. The molecular weight excluding hydrogens is 367 g/mol. The van der Waals surface area contributed by atoms with E-state index < -0.39 is 0 Å². The van der Waals surface area contributed by atoms with Crippen molar-refractivity contribution in [2.75, 3.05) is 0 Å². The fraction of sp³-hybridized carbons (Fsp3) is 0. The summed E-state index contributed by atoms with van der Waals surface area (Å²) in [6.07, 6.45) is 0. The van der Waals surface area contributed by atoms with Gasteiger partial charge in [-0.25, -0.2) is 0 Å². The van der Waals surface area contributed by atoms with Gasteiger partial charge in [0.05, 0.1) is 3.79 Å². The Morgan fingerprint density at radius 3 is 2.83 bits per heavy atom. The Labute approximate surface area is 102 Å². The number of fused-ring (bicyclic) bond motifs is 1. The van der Waals surface area contributed by atoms with Crippen LogP contribution in [0.1, 0.15) is 0 Å². The molecule has 12 heavy (non-hydrogen) atoms. The van der Waals surface area contributed by atoms with Crippen LogP contribution >= 0.6 is 62.5 Å². The zero-order valence-electron chi connectivity index (χ0n) is 5.84. The topological polar surface area (TPSA) is 0 Å². The van der Waals surface area contributed by atoms with Crippen LogP contribution in [0.2, 0.25) is 0 Å². The Balaban J connectivity index is 2.88. The van der Waals surface area contributed by atoms with Crippen molar-refractivity contribution in [3.8, 4) is 0 Å². The van der Waals surface area contributed by atoms with Crippen LogP contribution < -0.4 is 0 Å². The molecule has 1 aromatic carbocycles. The highest BCUT2D eigenvalue weighted by atomic mass is 127. The summed E-state index contributed by atoms with van der Waals surface area (Å²) in [6, 6.07) is 6.32. The Hall–Kier alpha value is 0.740. The summed E-state index contributed by atoms with van der Waals surface area (Å²) < 4.78 is 3.73. The van der Waals surface area contributed by atoms with E-state index in [2.05, 4.69) is 69.3 Å². The molecule has 0 aliphatic heterocycles. The lowest BCUT2D eigenvalue weighted by Gasteiger charge is -1.95. The lowest BCUT2D eigenvalue weighted by molar-refractivity contribution is 1.52. The molecule has 0 saturated heterocycles. The van der Waals surface area contributed by atoms with E-state index in [1.807, 2.05) is 0 Å². The molecule has 0 atom stereocenters. The molecule has 0 spiro atoms. The molecule has 0 N–H and O–H groups in total. The Morgan fingerprint density at radius 2 is 2.08 bits per heavy atom. The minimum absolute atomic E-state index is 1.03. The first-order chi connectivity index (χ1) is 5.66. The quantitative estimate of drug-likeness (QED) is 0.510. The first-order valence-electron chi connectivity index (χ1n) is 3.24. The molecule has 1 heterocycles. The first kappa shape index (κ1) is 9.30. The Morgan fingerprint density at radius 1 is 1.33 bits per heavy atom. The van der Waals surface area contributed by atoms with Gasteiger partial charge in [-0.15, -0.1) is 24.0 Å². The molecule has 1 aromatic heterocycles. The number of halogens is 2. The van der Waals surface area contributed by atoms with Crippen molar-refractivity contribution >= 4 is 72.6 Å². The van der Waals surface area contributed by atoms with Gasteiger partial charge >= 0.3 is 0 Å². The van der Waals surface area contributed by atoms with Gasteiger partial charge in [-0.2, -0.15) is 0 Å². The average Bonchev–Trinajstić information content (AvgIpc) is 2.29. The summed E-state index contributed by atoms with van der Waals surface area (Å²) in [6.45, 7) is 0. The van der Waals surface area contributed by atoms with Gasteiger partial charge in [-0.3, -0.25) is 0 Å². The van der Waals surface area contributed by atoms with Crippen molar-refractivity contribution in [3.63, 3.8) is 0 Å². The van der Waals surface area contributed by atoms with Gasteiger partial charge < -0.3 is 0 Å². The standard InChI is InChI=1S/C8H4BrIS2/c9-8-3-5-6(10)1-4(11)2-7(5)12-8/h1-3,11H. The summed E-state index contributed by atoms with van der Waals surface area (Å²) in [7, 11) is 0. The van der Waals surface area contributed by atoms with Crippen LogP contribution in [-0.2, 0) is 0 Å². The molecule has 0 unspecified atom stereocenters. The molecule has 2 rings (SSSR count). The molecule has 0 aliphatic carbocycles. The molecule has 4 heteroatoms. The van der Waals surface area contributed by atoms with Crippen molar-refractivity contribution in [3.05, 3.63) is 25.6 Å². The van der Waals surface area contributed by atoms with Gasteiger partial charge in [-0.05, 0) is 56.7 Å². The lowest BCUT2D eigenvalue weighted by Crippen LogP contribution is -1.72. The predicted octanol–water partition coefficient (Wildman–Crippen LogP) is 4.56. The molecule has 0 aliphatic rings. The number of thiophene rings is 1. The number of hydrogen-bond donors (Lipinski definition) is 1. The second kappa shape index (κ2) is 3.48. The van der Waals surface area contributed by atoms with E-state index in [0.29, 0.717) is 0 Å². The fourth-order valence-corrected chi connectivity index (χ4v) is 4.21. The van der Waals surface area contributed by atoms with Crippen molar-refractivity contribution in [1.29, 1.82) is 0 Å². The minimum atomic E-state index is 1.03. The second-order valence-electron chi connectivity index (χ2n) is 2.39. The molecule has 0 saturated carbocycles. The van der Waals surface area contributed by atoms with Gasteiger partial charge in [0.2, 0.25) is 0 Å². The van der Waals surface area contributed by atoms with Gasteiger partial charge in [0.25, 0.3) is 0 Å². The number of hydrogen-bond acceptors (Lipinski definition) is 2. The van der Waals surface area contributed by atoms with E-state index in [9.17, 15) is 0 Å².